The van der Waals surface area contributed by atoms with Gasteiger partial charge in [-0.05, 0) is 49.5 Å². The molecule has 0 aromatic heterocycles. The van der Waals surface area contributed by atoms with Crippen LogP contribution in [0.1, 0.15) is 87.1 Å². The van der Waals surface area contributed by atoms with Crippen LogP contribution in [-0.4, -0.2) is 11.6 Å². The average Bonchev–Trinajstić information content (AvgIpc) is 2.55. The van der Waals surface area contributed by atoms with E-state index >= 15 is 0 Å². The Morgan fingerprint density at radius 2 is 1.64 bits per heavy atom. The van der Waals surface area contributed by atoms with Crippen LogP contribution in [-0.2, 0) is 4.79 Å². The average molecular weight is 300 g/mol. The van der Waals surface area contributed by atoms with Crippen molar-refractivity contribution in [2.75, 3.05) is 0 Å². The zero-order chi connectivity index (χ0) is 15.9. The van der Waals surface area contributed by atoms with Crippen molar-refractivity contribution in [3.05, 3.63) is 35.4 Å². The summed E-state index contributed by atoms with van der Waals surface area (Å²) in [7, 11) is 0. The zero-order valence-electron chi connectivity index (χ0n) is 13.9. The molecular formula is C20H28O2. The van der Waals surface area contributed by atoms with Crippen LogP contribution in [0.15, 0.2) is 24.3 Å². The quantitative estimate of drug-likeness (QED) is 0.505. The summed E-state index contributed by atoms with van der Waals surface area (Å²) >= 11 is 0. The normalized spacial score (nSPS) is 21.5. The fourth-order valence-corrected chi connectivity index (χ4v) is 3.49. The fourth-order valence-electron chi connectivity index (χ4n) is 3.49. The number of carbonyl (C=O) groups excluding carboxylic acids is 2. The van der Waals surface area contributed by atoms with Gasteiger partial charge in [-0.1, -0.05) is 44.5 Å². The molecule has 22 heavy (non-hydrogen) atoms. The number of ketones is 2. The number of benzene rings is 1. The predicted molar refractivity (Wildman–Crippen MR) is 90.3 cm³/mol. The molecule has 0 spiro atoms. The van der Waals surface area contributed by atoms with Crippen molar-refractivity contribution in [1.29, 1.82) is 0 Å². The smallest absolute Gasteiger partial charge is 0.170 e. The first-order valence-corrected chi connectivity index (χ1v) is 8.78. The van der Waals surface area contributed by atoms with E-state index in [1.54, 1.807) is 0 Å². The lowest BCUT2D eigenvalue weighted by Crippen LogP contribution is -2.13. The summed E-state index contributed by atoms with van der Waals surface area (Å²) < 4.78 is 0. The monoisotopic (exact) mass is 300 g/mol. The Balaban J connectivity index is 1.93. The maximum Gasteiger partial charge on any atom is 0.170 e. The van der Waals surface area contributed by atoms with Gasteiger partial charge in [0.05, 0.1) is 6.42 Å². The van der Waals surface area contributed by atoms with E-state index in [2.05, 4.69) is 19.1 Å². The van der Waals surface area contributed by atoms with E-state index in [1.807, 2.05) is 19.1 Å². The van der Waals surface area contributed by atoms with Crippen molar-refractivity contribution in [2.24, 2.45) is 5.92 Å². The van der Waals surface area contributed by atoms with E-state index in [4.69, 9.17) is 0 Å². The van der Waals surface area contributed by atoms with Crippen molar-refractivity contribution in [1.82, 2.24) is 0 Å². The Labute approximate surface area is 134 Å². The van der Waals surface area contributed by atoms with Crippen LogP contribution < -0.4 is 0 Å². The minimum absolute atomic E-state index is 0.0420. The first-order chi connectivity index (χ1) is 10.6. The Kier molecular flexibility index (Phi) is 6.35. The van der Waals surface area contributed by atoms with Gasteiger partial charge in [-0.25, -0.2) is 0 Å². The molecule has 1 aromatic carbocycles. The lowest BCUT2D eigenvalue weighted by Gasteiger charge is -2.28. The van der Waals surface area contributed by atoms with Crippen LogP contribution in [0.5, 0.6) is 0 Å². The zero-order valence-corrected chi connectivity index (χ0v) is 13.9. The van der Waals surface area contributed by atoms with Gasteiger partial charge >= 0.3 is 0 Å². The second kappa shape index (κ2) is 8.26. The molecule has 0 bridgehead atoms. The predicted octanol–water partition coefficient (Wildman–Crippen LogP) is 5.31. The number of hydrogen-bond acceptors (Lipinski definition) is 2. The second-order valence-corrected chi connectivity index (χ2v) is 6.64. The largest absolute Gasteiger partial charge is 0.299 e. The summed E-state index contributed by atoms with van der Waals surface area (Å²) in [5, 5.41) is 0. The molecule has 0 aliphatic heterocycles. The van der Waals surface area contributed by atoms with Gasteiger partial charge in [0.25, 0.3) is 0 Å². The minimum atomic E-state index is -0.0420. The maximum absolute atomic E-state index is 12.1. The lowest BCUT2D eigenvalue weighted by atomic mass is 9.78. The molecular weight excluding hydrogens is 272 g/mol. The molecule has 1 aromatic rings. The van der Waals surface area contributed by atoms with Gasteiger partial charge in [-0.2, -0.15) is 0 Å². The highest BCUT2D eigenvalue weighted by atomic mass is 16.1. The third-order valence-electron chi connectivity index (χ3n) is 5.01. The van der Waals surface area contributed by atoms with E-state index in [1.165, 1.54) is 37.7 Å². The highest BCUT2D eigenvalue weighted by molar-refractivity contribution is 6.07. The maximum atomic E-state index is 12.1. The van der Waals surface area contributed by atoms with Gasteiger partial charge < -0.3 is 0 Å². The highest BCUT2D eigenvalue weighted by Gasteiger charge is 2.21. The molecule has 2 heteroatoms. The van der Waals surface area contributed by atoms with Crippen LogP contribution >= 0.6 is 0 Å². The summed E-state index contributed by atoms with van der Waals surface area (Å²) in [6.45, 7) is 4.25. The second-order valence-electron chi connectivity index (χ2n) is 6.64. The molecule has 0 atom stereocenters. The lowest BCUT2D eigenvalue weighted by molar-refractivity contribution is -0.118. The topological polar surface area (TPSA) is 34.1 Å². The van der Waals surface area contributed by atoms with Crippen molar-refractivity contribution >= 4 is 11.6 Å². The molecule has 0 heterocycles. The number of Topliss-reactive ketones (excluding diaryl/α,β-unsaturated/α-hetero) is 2. The van der Waals surface area contributed by atoms with Crippen LogP contribution in [0.3, 0.4) is 0 Å². The van der Waals surface area contributed by atoms with Gasteiger partial charge in [0.15, 0.2) is 5.78 Å². The minimum Gasteiger partial charge on any atom is -0.299 e. The molecule has 0 amide bonds. The molecule has 2 rings (SSSR count). The van der Waals surface area contributed by atoms with Crippen LogP contribution in [0.4, 0.5) is 0 Å². The van der Waals surface area contributed by atoms with E-state index < -0.39 is 0 Å². The molecule has 0 radical (unpaired) electrons. The van der Waals surface area contributed by atoms with Crippen molar-refractivity contribution in [2.45, 2.75) is 71.1 Å². The summed E-state index contributed by atoms with van der Waals surface area (Å²) in [6.07, 6.45) is 7.85. The summed E-state index contributed by atoms with van der Waals surface area (Å²) in [5.74, 6) is 1.56. The van der Waals surface area contributed by atoms with E-state index in [0.717, 1.165) is 12.3 Å². The SMILES string of the molecule is CCCC(=O)CC(=O)c1ccc(C2CCC(CC)CC2)cc1. The molecule has 1 fully saturated rings. The summed E-state index contributed by atoms with van der Waals surface area (Å²) in [4.78, 5) is 23.7. The van der Waals surface area contributed by atoms with E-state index in [-0.39, 0.29) is 18.0 Å². The molecule has 120 valence electrons. The van der Waals surface area contributed by atoms with Gasteiger partial charge in [0.1, 0.15) is 5.78 Å². The molecule has 0 unspecified atom stereocenters. The molecule has 1 aliphatic carbocycles. The van der Waals surface area contributed by atoms with E-state index in [0.29, 0.717) is 17.9 Å². The molecule has 0 N–H and O–H groups in total. The highest BCUT2D eigenvalue weighted by Crippen LogP contribution is 2.36. The third kappa shape index (κ3) is 4.53. The van der Waals surface area contributed by atoms with Crippen LogP contribution in [0.2, 0.25) is 0 Å². The molecule has 1 aliphatic rings. The standard InChI is InChI=1S/C20H28O2/c1-3-5-19(21)14-20(22)18-12-10-17(11-13-18)16-8-6-15(4-2)7-9-16/h10-13,15-16H,3-9,14H2,1-2H3. The molecule has 1 saturated carbocycles. The van der Waals surface area contributed by atoms with Crippen LogP contribution in [0.25, 0.3) is 0 Å². The molecule has 0 saturated heterocycles. The van der Waals surface area contributed by atoms with Crippen molar-refractivity contribution in [3.8, 4) is 0 Å². The van der Waals surface area contributed by atoms with Crippen molar-refractivity contribution in [3.63, 3.8) is 0 Å². The Morgan fingerprint density at radius 1 is 1.00 bits per heavy atom. The summed E-state index contributed by atoms with van der Waals surface area (Å²) in [5.41, 5.74) is 2.03. The number of hydrogen-bond donors (Lipinski definition) is 0. The number of rotatable bonds is 7. The first kappa shape index (κ1) is 16.9. The fraction of sp³-hybridized carbons (Fsp3) is 0.600. The third-order valence-corrected chi connectivity index (χ3v) is 5.01. The van der Waals surface area contributed by atoms with Crippen molar-refractivity contribution < 1.29 is 9.59 Å². The summed E-state index contributed by atoms with van der Waals surface area (Å²) in [6, 6.07) is 7.99. The number of carbonyl (C=O) groups is 2. The van der Waals surface area contributed by atoms with Crippen LogP contribution in [0, 0.1) is 5.92 Å². The Bertz CT molecular complexity index is 493. The van der Waals surface area contributed by atoms with Gasteiger partial charge in [-0.15, -0.1) is 0 Å². The van der Waals surface area contributed by atoms with Gasteiger partial charge in [0.2, 0.25) is 0 Å². The van der Waals surface area contributed by atoms with Gasteiger partial charge in [-0.3, -0.25) is 9.59 Å². The Morgan fingerprint density at radius 3 is 2.18 bits per heavy atom. The molecule has 2 nitrogen and oxygen atoms in total. The van der Waals surface area contributed by atoms with E-state index in [9.17, 15) is 9.59 Å². The Hall–Kier alpha value is -1.44. The first-order valence-electron chi connectivity index (χ1n) is 8.78. The van der Waals surface area contributed by atoms with Gasteiger partial charge in [0, 0.05) is 12.0 Å².